The van der Waals surface area contributed by atoms with Crippen molar-refractivity contribution in [3.63, 3.8) is 0 Å². The average Bonchev–Trinajstić information content (AvgIpc) is 2.45. The molecular formula is C16H15N2NaO3S. The van der Waals surface area contributed by atoms with E-state index in [1.807, 2.05) is 13.0 Å². The monoisotopic (exact) mass is 338 g/mol. The maximum atomic E-state index is 12.0. The van der Waals surface area contributed by atoms with Crippen LogP contribution in [0.5, 0.6) is 0 Å². The molecule has 114 valence electrons. The number of hydrogen-bond acceptors (Lipinski definition) is 4. The van der Waals surface area contributed by atoms with Crippen molar-refractivity contribution in [2.45, 2.75) is 13.8 Å². The smallest absolute Gasteiger partial charge is 0.538 e. The molecule has 5 nitrogen and oxygen atoms in total. The van der Waals surface area contributed by atoms with E-state index in [1.54, 1.807) is 43.6 Å². The molecule has 0 aliphatic rings. The predicted molar refractivity (Wildman–Crippen MR) is 85.8 cm³/mol. The summed E-state index contributed by atoms with van der Waals surface area (Å²) in [4.78, 5) is 15.8. The van der Waals surface area contributed by atoms with Crippen molar-refractivity contribution < 1.29 is 42.8 Å². The Bertz CT molecular complexity index is 818. The summed E-state index contributed by atoms with van der Waals surface area (Å²) in [6.45, 7) is 3.64. The molecule has 0 unspecified atom stereocenters. The number of aryl methyl sites for hydroxylation is 2. The number of hydrogen-bond donors (Lipinski definition) is 0. The minimum Gasteiger partial charge on any atom is -0.538 e. The molecule has 0 N–H and O–H groups in total. The Balaban J connectivity index is 0.00000264. The summed E-state index contributed by atoms with van der Waals surface area (Å²) in [5.41, 5.74) is 2.63. The van der Waals surface area contributed by atoms with E-state index in [1.165, 1.54) is 6.08 Å². The number of aromatic nitrogens is 1. The SMILES string of the molecule is Cc1ccc(C(=O)[N-]S(=O)(=O)/C=C/c2ccncc2)c(C)c1.[Na+]. The summed E-state index contributed by atoms with van der Waals surface area (Å²) in [5, 5.41) is 0.907. The van der Waals surface area contributed by atoms with Gasteiger partial charge in [-0.25, -0.2) is 8.42 Å². The van der Waals surface area contributed by atoms with Crippen LogP contribution < -0.4 is 29.6 Å². The molecule has 0 saturated carbocycles. The van der Waals surface area contributed by atoms with Gasteiger partial charge < -0.3 is 9.52 Å². The van der Waals surface area contributed by atoms with Gasteiger partial charge in [-0.05, 0) is 43.2 Å². The Morgan fingerprint density at radius 1 is 1.13 bits per heavy atom. The number of carbonyl (C=O) groups excluding carboxylic acids is 1. The molecule has 23 heavy (non-hydrogen) atoms. The van der Waals surface area contributed by atoms with Crippen LogP contribution in [-0.2, 0) is 10.0 Å². The number of benzene rings is 1. The van der Waals surface area contributed by atoms with Crippen molar-refractivity contribution in [2.75, 3.05) is 0 Å². The maximum Gasteiger partial charge on any atom is 1.00 e. The molecule has 2 rings (SSSR count). The van der Waals surface area contributed by atoms with Crippen LogP contribution in [0.4, 0.5) is 0 Å². The third kappa shape index (κ3) is 5.91. The molecule has 1 aromatic heterocycles. The molecule has 0 radical (unpaired) electrons. The molecule has 2 aromatic rings. The van der Waals surface area contributed by atoms with E-state index in [2.05, 4.69) is 9.71 Å². The van der Waals surface area contributed by atoms with Crippen molar-refractivity contribution in [3.05, 3.63) is 75.1 Å². The molecular weight excluding hydrogens is 323 g/mol. The molecule has 0 aliphatic carbocycles. The van der Waals surface area contributed by atoms with E-state index in [0.29, 0.717) is 11.1 Å². The van der Waals surface area contributed by atoms with Crippen molar-refractivity contribution >= 4 is 22.0 Å². The van der Waals surface area contributed by atoms with Gasteiger partial charge in [-0.2, -0.15) is 0 Å². The number of pyridine rings is 1. The number of nitrogens with zero attached hydrogens (tertiary/aromatic N) is 2. The van der Waals surface area contributed by atoms with Gasteiger partial charge in [-0.15, -0.1) is 0 Å². The molecule has 0 bridgehead atoms. The number of rotatable bonds is 4. The molecule has 0 aliphatic heterocycles. The maximum absolute atomic E-state index is 12.0. The third-order valence-corrected chi connectivity index (χ3v) is 3.86. The van der Waals surface area contributed by atoms with E-state index >= 15 is 0 Å². The Morgan fingerprint density at radius 3 is 2.39 bits per heavy atom. The minimum absolute atomic E-state index is 0. The quantitative estimate of drug-likeness (QED) is 0.747. The summed E-state index contributed by atoms with van der Waals surface area (Å²) in [7, 11) is -3.98. The van der Waals surface area contributed by atoms with Gasteiger partial charge >= 0.3 is 29.6 Å². The van der Waals surface area contributed by atoms with E-state index < -0.39 is 15.9 Å². The molecule has 1 amide bonds. The van der Waals surface area contributed by atoms with E-state index in [4.69, 9.17) is 0 Å². The Labute approximate surface area is 158 Å². The van der Waals surface area contributed by atoms with Gasteiger partial charge in [0.2, 0.25) is 0 Å². The Hall–Kier alpha value is -1.47. The molecule has 0 fully saturated rings. The number of sulfonamides is 1. The van der Waals surface area contributed by atoms with Crippen LogP contribution in [-0.4, -0.2) is 19.3 Å². The van der Waals surface area contributed by atoms with Crippen LogP contribution >= 0.6 is 0 Å². The molecule has 0 atom stereocenters. The summed E-state index contributed by atoms with van der Waals surface area (Å²) < 4.78 is 27.1. The van der Waals surface area contributed by atoms with Crippen LogP contribution in [0.25, 0.3) is 10.8 Å². The van der Waals surface area contributed by atoms with Gasteiger partial charge in [0.15, 0.2) is 0 Å². The molecule has 1 heterocycles. The van der Waals surface area contributed by atoms with E-state index in [0.717, 1.165) is 11.0 Å². The second kappa shape index (κ2) is 8.40. The molecule has 0 saturated heterocycles. The van der Waals surface area contributed by atoms with Crippen LogP contribution in [0.3, 0.4) is 0 Å². The first-order chi connectivity index (χ1) is 10.4. The normalized spacial score (nSPS) is 11.0. The van der Waals surface area contributed by atoms with Crippen LogP contribution in [0.1, 0.15) is 27.0 Å². The number of amides is 1. The zero-order valence-corrected chi connectivity index (χ0v) is 16.0. The van der Waals surface area contributed by atoms with Gasteiger partial charge in [-0.1, -0.05) is 23.8 Å². The van der Waals surface area contributed by atoms with E-state index in [-0.39, 0.29) is 35.1 Å². The van der Waals surface area contributed by atoms with Gasteiger partial charge in [0.25, 0.3) is 0 Å². The zero-order valence-electron chi connectivity index (χ0n) is 13.2. The summed E-state index contributed by atoms with van der Waals surface area (Å²) in [5.74, 6) is -0.767. The van der Waals surface area contributed by atoms with Crippen LogP contribution in [0, 0.1) is 13.8 Å². The minimum atomic E-state index is -3.98. The number of carbonyl (C=O) groups is 1. The first-order valence-electron chi connectivity index (χ1n) is 6.55. The van der Waals surface area contributed by atoms with Crippen molar-refractivity contribution in [2.24, 2.45) is 0 Å². The topological polar surface area (TPSA) is 78.2 Å². The van der Waals surface area contributed by atoms with Crippen molar-refractivity contribution in [1.29, 1.82) is 0 Å². The van der Waals surface area contributed by atoms with Gasteiger partial charge in [0.05, 0.1) is 5.91 Å². The Morgan fingerprint density at radius 2 is 1.78 bits per heavy atom. The van der Waals surface area contributed by atoms with Crippen LogP contribution in [0.2, 0.25) is 0 Å². The summed E-state index contributed by atoms with van der Waals surface area (Å²) >= 11 is 0. The largest absolute Gasteiger partial charge is 1.00 e. The fourth-order valence-corrected chi connectivity index (χ4v) is 2.61. The molecule has 7 heteroatoms. The first-order valence-corrected chi connectivity index (χ1v) is 8.05. The van der Waals surface area contributed by atoms with Crippen molar-refractivity contribution in [3.8, 4) is 0 Å². The fraction of sp³-hybridized carbons (Fsp3) is 0.125. The van der Waals surface area contributed by atoms with E-state index in [9.17, 15) is 13.2 Å². The van der Waals surface area contributed by atoms with Gasteiger partial charge in [0.1, 0.15) is 10.0 Å². The third-order valence-electron chi connectivity index (χ3n) is 2.96. The van der Waals surface area contributed by atoms with Crippen LogP contribution in [0.15, 0.2) is 48.1 Å². The zero-order chi connectivity index (χ0) is 16.2. The second-order valence-corrected chi connectivity index (χ2v) is 6.30. The first kappa shape index (κ1) is 19.6. The summed E-state index contributed by atoms with van der Waals surface area (Å²) in [6, 6.07) is 8.44. The second-order valence-electron chi connectivity index (χ2n) is 4.81. The molecule has 0 spiro atoms. The average molecular weight is 338 g/mol. The van der Waals surface area contributed by atoms with Gasteiger partial charge in [0, 0.05) is 23.4 Å². The predicted octanol–water partition coefficient (Wildman–Crippen LogP) is 0.217. The fourth-order valence-electron chi connectivity index (χ4n) is 1.89. The molecule has 1 aromatic carbocycles. The summed E-state index contributed by atoms with van der Waals surface area (Å²) in [6.07, 6.45) is 4.46. The van der Waals surface area contributed by atoms with Gasteiger partial charge in [-0.3, -0.25) is 4.98 Å². The standard InChI is InChI=1S/C16H16N2O3S.Na/c1-12-3-4-15(13(2)11-12)16(19)18-22(20,21)10-7-14-5-8-17-9-6-14;/h3-11H,1-2H3,(H,18,19);/q;+1/p-1/b10-7+;. The van der Waals surface area contributed by atoms with Crippen molar-refractivity contribution in [1.82, 2.24) is 4.98 Å². The Kier molecular flexibility index (Phi) is 7.15.